The maximum atomic E-state index is 12.5. The molecule has 0 saturated carbocycles. The Bertz CT molecular complexity index is 589. The van der Waals surface area contributed by atoms with E-state index in [1.165, 1.54) is 0 Å². The second kappa shape index (κ2) is 9.30. The molecular weight excluding hydrogens is 318 g/mol. The van der Waals surface area contributed by atoms with Crippen molar-refractivity contribution in [1.82, 2.24) is 15.5 Å². The Hall–Kier alpha value is -2.24. The van der Waals surface area contributed by atoms with Gasteiger partial charge in [0.25, 0.3) is 0 Å². The SMILES string of the molecule is CCNC(=O)[C@H]1CCCN(C(=O)NCc2ccccc2OC(C)C)C1. The zero-order chi connectivity index (χ0) is 18.2. The Labute approximate surface area is 149 Å². The van der Waals surface area contributed by atoms with Gasteiger partial charge in [-0.25, -0.2) is 4.79 Å². The van der Waals surface area contributed by atoms with Crippen LogP contribution in [0.2, 0.25) is 0 Å². The van der Waals surface area contributed by atoms with Crippen LogP contribution < -0.4 is 15.4 Å². The summed E-state index contributed by atoms with van der Waals surface area (Å²) in [5.41, 5.74) is 0.946. The monoisotopic (exact) mass is 347 g/mol. The number of nitrogens with one attached hydrogen (secondary N) is 2. The molecule has 2 rings (SSSR count). The van der Waals surface area contributed by atoms with Crippen molar-refractivity contribution in [2.24, 2.45) is 5.92 Å². The lowest BCUT2D eigenvalue weighted by molar-refractivity contribution is -0.126. The van der Waals surface area contributed by atoms with Gasteiger partial charge in [0.1, 0.15) is 5.75 Å². The van der Waals surface area contributed by atoms with Crippen LogP contribution in [-0.4, -0.2) is 42.6 Å². The van der Waals surface area contributed by atoms with Gasteiger partial charge in [0.05, 0.1) is 12.0 Å². The fourth-order valence-corrected chi connectivity index (χ4v) is 3.00. The van der Waals surface area contributed by atoms with Gasteiger partial charge in [0, 0.05) is 31.7 Å². The largest absolute Gasteiger partial charge is 0.491 e. The average molecular weight is 347 g/mol. The summed E-state index contributed by atoms with van der Waals surface area (Å²) >= 11 is 0. The van der Waals surface area contributed by atoms with E-state index >= 15 is 0 Å². The molecule has 1 atom stereocenters. The van der Waals surface area contributed by atoms with Crippen molar-refractivity contribution in [3.8, 4) is 5.75 Å². The molecule has 0 bridgehead atoms. The Kier molecular flexibility index (Phi) is 7.10. The highest BCUT2D eigenvalue weighted by molar-refractivity contribution is 5.80. The molecule has 1 fully saturated rings. The van der Waals surface area contributed by atoms with Crippen molar-refractivity contribution >= 4 is 11.9 Å². The maximum absolute atomic E-state index is 12.5. The number of nitrogens with zero attached hydrogens (tertiary/aromatic N) is 1. The predicted octanol–water partition coefficient (Wildman–Crippen LogP) is 2.53. The van der Waals surface area contributed by atoms with Gasteiger partial charge in [-0.05, 0) is 39.7 Å². The third-order valence-electron chi connectivity index (χ3n) is 4.20. The molecule has 0 aromatic heterocycles. The molecule has 1 saturated heterocycles. The van der Waals surface area contributed by atoms with E-state index in [-0.39, 0.29) is 24.0 Å². The van der Waals surface area contributed by atoms with E-state index in [0.717, 1.165) is 24.2 Å². The number of carbonyl (C=O) groups is 2. The van der Waals surface area contributed by atoms with Crippen LogP contribution in [0.1, 0.15) is 39.2 Å². The van der Waals surface area contributed by atoms with Crippen LogP contribution in [0.3, 0.4) is 0 Å². The number of hydrogen-bond acceptors (Lipinski definition) is 3. The smallest absolute Gasteiger partial charge is 0.317 e. The first-order valence-corrected chi connectivity index (χ1v) is 9.06. The van der Waals surface area contributed by atoms with E-state index in [4.69, 9.17) is 4.74 Å². The third-order valence-corrected chi connectivity index (χ3v) is 4.20. The van der Waals surface area contributed by atoms with Crippen LogP contribution in [0.15, 0.2) is 24.3 Å². The van der Waals surface area contributed by atoms with Crippen LogP contribution in [0, 0.1) is 5.92 Å². The van der Waals surface area contributed by atoms with Gasteiger partial charge < -0.3 is 20.3 Å². The molecule has 2 N–H and O–H groups in total. The maximum Gasteiger partial charge on any atom is 0.317 e. The summed E-state index contributed by atoms with van der Waals surface area (Å²) in [5.74, 6) is 0.711. The summed E-state index contributed by atoms with van der Waals surface area (Å²) < 4.78 is 5.78. The van der Waals surface area contributed by atoms with Crippen LogP contribution in [-0.2, 0) is 11.3 Å². The fourth-order valence-electron chi connectivity index (χ4n) is 3.00. The van der Waals surface area contributed by atoms with E-state index in [1.54, 1.807) is 4.90 Å². The summed E-state index contributed by atoms with van der Waals surface area (Å²) in [6.07, 6.45) is 1.76. The number of likely N-dealkylation sites (tertiary alicyclic amines) is 1. The van der Waals surface area contributed by atoms with Gasteiger partial charge >= 0.3 is 6.03 Å². The summed E-state index contributed by atoms with van der Waals surface area (Å²) in [6, 6.07) is 7.58. The van der Waals surface area contributed by atoms with E-state index < -0.39 is 0 Å². The first-order valence-electron chi connectivity index (χ1n) is 9.06. The number of para-hydroxylation sites is 1. The number of urea groups is 1. The standard InChI is InChI=1S/C19H29N3O3/c1-4-20-18(23)16-9-7-11-22(13-16)19(24)21-12-15-8-5-6-10-17(15)25-14(2)3/h5-6,8,10,14,16H,4,7,9,11-13H2,1-3H3,(H,20,23)(H,21,24)/t16-/m0/s1. The van der Waals surface area contributed by atoms with Gasteiger partial charge in [-0.3, -0.25) is 4.79 Å². The summed E-state index contributed by atoms with van der Waals surface area (Å²) in [6.45, 7) is 8.04. The minimum absolute atomic E-state index is 0.0377. The third kappa shape index (κ3) is 5.66. The quantitative estimate of drug-likeness (QED) is 0.831. The van der Waals surface area contributed by atoms with Gasteiger partial charge in [0.15, 0.2) is 0 Å². The van der Waals surface area contributed by atoms with Gasteiger partial charge in [-0.2, -0.15) is 0 Å². The minimum atomic E-state index is -0.131. The zero-order valence-electron chi connectivity index (χ0n) is 15.4. The highest BCUT2D eigenvalue weighted by Gasteiger charge is 2.28. The highest BCUT2D eigenvalue weighted by Crippen LogP contribution is 2.20. The molecule has 1 heterocycles. The van der Waals surface area contributed by atoms with Gasteiger partial charge in [-0.1, -0.05) is 18.2 Å². The number of carbonyl (C=O) groups excluding carboxylic acids is 2. The minimum Gasteiger partial charge on any atom is -0.491 e. The normalized spacial score (nSPS) is 17.3. The van der Waals surface area contributed by atoms with E-state index in [0.29, 0.717) is 26.2 Å². The summed E-state index contributed by atoms with van der Waals surface area (Å²) in [4.78, 5) is 26.2. The zero-order valence-corrected chi connectivity index (χ0v) is 15.4. The van der Waals surface area contributed by atoms with Crippen LogP contribution in [0.5, 0.6) is 5.75 Å². The molecule has 0 radical (unpaired) electrons. The van der Waals surface area contributed by atoms with Crippen LogP contribution in [0.25, 0.3) is 0 Å². The van der Waals surface area contributed by atoms with Gasteiger partial charge in [-0.15, -0.1) is 0 Å². The van der Waals surface area contributed by atoms with Crippen LogP contribution in [0.4, 0.5) is 4.79 Å². The number of amides is 3. The predicted molar refractivity (Wildman–Crippen MR) is 97.4 cm³/mol. The molecule has 138 valence electrons. The van der Waals surface area contributed by atoms with Crippen molar-refractivity contribution in [3.05, 3.63) is 29.8 Å². The van der Waals surface area contributed by atoms with Crippen molar-refractivity contribution < 1.29 is 14.3 Å². The Morgan fingerprint density at radius 2 is 2.04 bits per heavy atom. The van der Waals surface area contributed by atoms with Crippen LogP contribution >= 0.6 is 0 Å². The molecule has 1 aliphatic rings. The summed E-state index contributed by atoms with van der Waals surface area (Å²) in [5, 5.41) is 5.79. The fraction of sp³-hybridized carbons (Fsp3) is 0.579. The molecule has 3 amide bonds. The molecule has 0 aliphatic carbocycles. The lowest BCUT2D eigenvalue weighted by Crippen LogP contribution is -2.48. The number of piperidine rings is 1. The molecule has 6 heteroatoms. The first-order chi connectivity index (χ1) is 12.0. The van der Waals surface area contributed by atoms with Crippen molar-refractivity contribution in [1.29, 1.82) is 0 Å². The Morgan fingerprint density at radius 1 is 1.28 bits per heavy atom. The lowest BCUT2D eigenvalue weighted by atomic mass is 9.97. The van der Waals surface area contributed by atoms with E-state index in [9.17, 15) is 9.59 Å². The number of benzene rings is 1. The number of ether oxygens (including phenoxy) is 1. The molecule has 1 aromatic rings. The molecule has 0 unspecified atom stereocenters. The molecule has 1 aliphatic heterocycles. The average Bonchev–Trinajstić information content (AvgIpc) is 2.60. The van der Waals surface area contributed by atoms with Crippen molar-refractivity contribution in [2.75, 3.05) is 19.6 Å². The highest BCUT2D eigenvalue weighted by atomic mass is 16.5. The first kappa shape index (κ1) is 19.1. The summed E-state index contributed by atoms with van der Waals surface area (Å²) in [7, 11) is 0. The van der Waals surface area contributed by atoms with Crippen molar-refractivity contribution in [3.63, 3.8) is 0 Å². The molecule has 0 spiro atoms. The number of hydrogen-bond donors (Lipinski definition) is 2. The molecule has 25 heavy (non-hydrogen) atoms. The molecule has 6 nitrogen and oxygen atoms in total. The van der Waals surface area contributed by atoms with E-state index in [1.807, 2.05) is 45.0 Å². The molecular formula is C19H29N3O3. The van der Waals surface area contributed by atoms with Crippen molar-refractivity contribution in [2.45, 2.75) is 46.3 Å². The second-order valence-electron chi connectivity index (χ2n) is 6.61. The second-order valence-corrected chi connectivity index (χ2v) is 6.61. The lowest BCUT2D eigenvalue weighted by Gasteiger charge is -2.32. The topological polar surface area (TPSA) is 70.7 Å². The Morgan fingerprint density at radius 3 is 2.76 bits per heavy atom. The van der Waals surface area contributed by atoms with Gasteiger partial charge in [0.2, 0.25) is 5.91 Å². The number of rotatable bonds is 6. The molecule has 1 aromatic carbocycles. The Balaban J connectivity index is 1.91. The van der Waals surface area contributed by atoms with E-state index in [2.05, 4.69) is 10.6 Å².